The van der Waals surface area contributed by atoms with Gasteiger partial charge in [0, 0.05) is 47.5 Å². The Morgan fingerprint density at radius 3 is 2.48 bits per heavy atom. The quantitative estimate of drug-likeness (QED) is 0.245. The molecule has 0 aliphatic heterocycles. The van der Waals surface area contributed by atoms with E-state index in [1.165, 1.54) is 0 Å². The number of carbonyl (C=O) groups is 2. The third-order valence-corrected chi connectivity index (χ3v) is 6.15. The van der Waals surface area contributed by atoms with Crippen LogP contribution in [-0.4, -0.2) is 32.9 Å². The Labute approximate surface area is 198 Å². The number of ether oxygens (including phenoxy) is 1. The molecule has 7 heteroatoms. The Morgan fingerprint density at radius 1 is 1.06 bits per heavy atom. The number of Topliss-reactive ketones (excluding diaryl/α,β-unsaturated/α-hetero) is 1. The first-order valence-corrected chi connectivity index (χ1v) is 11.2. The number of esters is 1. The van der Waals surface area contributed by atoms with E-state index in [1.807, 2.05) is 32.2 Å². The van der Waals surface area contributed by atoms with Crippen molar-refractivity contribution in [2.75, 3.05) is 6.61 Å². The lowest BCUT2D eigenvalue weighted by molar-refractivity contribution is 0.0521. The molecule has 0 N–H and O–H groups in total. The fourth-order valence-corrected chi connectivity index (χ4v) is 4.68. The van der Waals surface area contributed by atoms with Crippen molar-refractivity contribution in [2.45, 2.75) is 31.6 Å². The molecule has 2 heterocycles. The molecule has 0 amide bonds. The van der Waals surface area contributed by atoms with Gasteiger partial charge in [0.1, 0.15) is 5.82 Å². The van der Waals surface area contributed by atoms with Crippen LogP contribution in [0.3, 0.4) is 0 Å². The average molecular weight is 460 g/mol. The molecule has 0 aliphatic carbocycles. The van der Waals surface area contributed by atoms with E-state index in [2.05, 4.69) is 45.4 Å². The Balaban J connectivity index is 1.83. The molecule has 4 aromatic rings. The number of hydrogen-bond acceptors (Lipinski definition) is 6. The van der Waals surface area contributed by atoms with E-state index >= 15 is 0 Å². The summed E-state index contributed by atoms with van der Waals surface area (Å²) in [6, 6.07) is 13.9. The van der Waals surface area contributed by atoms with E-state index in [0.717, 1.165) is 27.7 Å². The lowest BCUT2D eigenvalue weighted by atomic mass is 9.92. The fourth-order valence-electron chi connectivity index (χ4n) is 4.15. The molecule has 168 valence electrons. The SMILES string of the molecule is CCOC(=O)c1c(C)cc(Cc2cc3ccccc3n2C)c(C(=O)Cc2ncccn2)c1S. The Kier molecular flexibility index (Phi) is 6.60. The van der Waals surface area contributed by atoms with Crippen LogP contribution in [0.2, 0.25) is 0 Å². The molecule has 0 atom stereocenters. The van der Waals surface area contributed by atoms with Gasteiger partial charge in [0.05, 0.1) is 18.6 Å². The molecule has 0 radical (unpaired) electrons. The Hall–Kier alpha value is -3.45. The number of hydrogen-bond donors (Lipinski definition) is 1. The Bertz CT molecular complexity index is 1350. The minimum Gasteiger partial charge on any atom is -0.462 e. The van der Waals surface area contributed by atoms with Crippen LogP contribution >= 0.6 is 12.6 Å². The zero-order valence-electron chi connectivity index (χ0n) is 18.8. The van der Waals surface area contributed by atoms with Gasteiger partial charge in [0.2, 0.25) is 0 Å². The molecule has 0 aliphatic rings. The summed E-state index contributed by atoms with van der Waals surface area (Å²) in [7, 11) is 2.01. The monoisotopic (exact) mass is 459 g/mol. The number of ketones is 1. The summed E-state index contributed by atoms with van der Waals surface area (Å²) in [5.41, 5.74) is 4.42. The van der Waals surface area contributed by atoms with Crippen molar-refractivity contribution in [1.82, 2.24) is 14.5 Å². The number of benzene rings is 2. The molecule has 33 heavy (non-hydrogen) atoms. The van der Waals surface area contributed by atoms with Crippen LogP contribution in [0.4, 0.5) is 0 Å². The van der Waals surface area contributed by atoms with Crippen molar-refractivity contribution in [3.63, 3.8) is 0 Å². The maximum absolute atomic E-state index is 13.5. The highest BCUT2D eigenvalue weighted by Gasteiger charge is 2.25. The van der Waals surface area contributed by atoms with E-state index in [0.29, 0.717) is 28.3 Å². The molecular formula is C26H25N3O3S. The minimum absolute atomic E-state index is 0.0157. The zero-order valence-corrected chi connectivity index (χ0v) is 19.7. The van der Waals surface area contributed by atoms with Gasteiger partial charge in [-0.2, -0.15) is 0 Å². The van der Waals surface area contributed by atoms with Crippen LogP contribution < -0.4 is 0 Å². The van der Waals surface area contributed by atoms with Gasteiger partial charge in [-0.1, -0.05) is 24.3 Å². The largest absolute Gasteiger partial charge is 0.462 e. The smallest absolute Gasteiger partial charge is 0.339 e. The van der Waals surface area contributed by atoms with Crippen molar-refractivity contribution in [3.8, 4) is 0 Å². The molecule has 6 nitrogen and oxygen atoms in total. The van der Waals surface area contributed by atoms with E-state index < -0.39 is 5.97 Å². The number of fused-ring (bicyclic) bond motifs is 1. The molecule has 0 fully saturated rings. The van der Waals surface area contributed by atoms with Crippen LogP contribution in [0.5, 0.6) is 0 Å². The summed E-state index contributed by atoms with van der Waals surface area (Å²) in [6.07, 6.45) is 3.74. The summed E-state index contributed by atoms with van der Waals surface area (Å²) >= 11 is 4.66. The van der Waals surface area contributed by atoms with Crippen LogP contribution in [0, 0.1) is 6.92 Å². The van der Waals surface area contributed by atoms with Gasteiger partial charge in [0.15, 0.2) is 5.78 Å². The number of aryl methyl sites for hydroxylation is 2. The number of thiol groups is 1. The highest BCUT2D eigenvalue weighted by Crippen LogP contribution is 2.31. The minimum atomic E-state index is -0.485. The van der Waals surface area contributed by atoms with Crippen LogP contribution in [0.15, 0.2) is 59.8 Å². The average Bonchev–Trinajstić information content (AvgIpc) is 3.10. The van der Waals surface area contributed by atoms with E-state index in [-0.39, 0.29) is 18.8 Å². The number of nitrogens with zero attached hydrogens (tertiary/aromatic N) is 3. The van der Waals surface area contributed by atoms with E-state index in [4.69, 9.17) is 4.74 Å². The first kappa shape index (κ1) is 22.7. The molecular weight excluding hydrogens is 434 g/mol. The van der Waals surface area contributed by atoms with E-state index in [1.54, 1.807) is 25.4 Å². The summed E-state index contributed by atoms with van der Waals surface area (Å²) < 4.78 is 7.35. The Morgan fingerprint density at radius 2 is 1.79 bits per heavy atom. The second-order valence-electron chi connectivity index (χ2n) is 7.87. The second-order valence-corrected chi connectivity index (χ2v) is 8.31. The third kappa shape index (κ3) is 4.54. The second kappa shape index (κ2) is 9.58. The highest BCUT2D eigenvalue weighted by molar-refractivity contribution is 7.80. The first-order valence-electron chi connectivity index (χ1n) is 10.8. The predicted molar refractivity (Wildman–Crippen MR) is 130 cm³/mol. The lowest BCUT2D eigenvalue weighted by Gasteiger charge is -2.17. The molecule has 0 unspecified atom stereocenters. The number of rotatable bonds is 7. The van der Waals surface area contributed by atoms with Gasteiger partial charge in [-0.3, -0.25) is 4.79 Å². The van der Waals surface area contributed by atoms with Crippen molar-refractivity contribution in [2.24, 2.45) is 7.05 Å². The van der Waals surface area contributed by atoms with Crippen LogP contribution in [0.25, 0.3) is 10.9 Å². The van der Waals surface area contributed by atoms with Gasteiger partial charge >= 0.3 is 5.97 Å². The van der Waals surface area contributed by atoms with Crippen molar-refractivity contribution in [1.29, 1.82) is 0 Å². The van der Waals surface area contributed by atoms with Crippen molar-refractivity contribution in [3.05, 3.63) is 88.6 Å². The highest BCUT2D eigenvalue weighted by atomic mass is 32.1. The standard InChI is InChI=1S/C26H25N3O3S/c1-4-32-26(31)23-16(2)12-18(14-19-13-17-8-5-6-9-20(17)29(19)3)24(25(23)33)21(30)15-22-27-10-7-11-28-22/h5-13,33H,4,14-15H2,1-3H3. The topological polar surface area (TPSA) is 74.1 Å². The number of carbonyl (C=O) groups excluding carboxylic acids is 2. The maximum atomic E-state index is 13.5. The molecule has 0 spiro atoms. The molecule has 0 saturated heterocycles. The fraction of sp³-hybridized carbons (Fsp3) is 0.231. The summed E-state index contributed by atoms with van der Waals surface area (Å²) in [6.45, 7) is 3.83. The van der Waals surface area contributed by atoms with Crippen molar-refractivity contribution >= 4 is 35.3 Å². The lowest BCUT2D eigenvalue weighted by Crippen LogP contribution is -2.16. The van der Waals surface area contributed by atoms with Gasteiger partial charge in [-0.05, 0) is 48.6 Å². The van der Waals surface area contributed by atoms with Crippen LogP contribution in [-0.2, 0) is 24.6 Å². The molecule has 2 aromatic heterocycles. The maximum Gasteiger partial charge on any atom is 0.339 e. The third-order valence-electron chi connectivity index (χ3n) is 5.70. The van der Waals surface area contributed by atoms with Gasteiger partial charge < -0.3 is 9.30 Å². The normalized spacial score (nSPS) is 11.0. The van der Waals surface area contributed by atoms with Gasteiger partial charge in [-0.25, -0.2) is 14.8 Å². The molecule has 0 bridgehead atoms. The summed E-state index contributed by atoms with van der Waals surface area (Å²) in [4.78, 5) is 34.8. The number of para-hydroxylation sites is 1. The van der Waals surface area contributed by atoms with Gasteiger partial charge in [-0.15, -0.1) is 12.6 Å². The molecule has 4 rings (SSSR count). The zero-order chi connectivity index (χ0) is 23.5. The summed E-state index contributed by atoms with van der Waals surface area (Å²) in [5, 5.41) is 1.13. The predicted octanol–water partition coefficient (Wildman–Crippen LogP) is 4.76. The summed E-state index contributed by atoms with van der Waals surface area (Å²) in [5.74, 6) is -0.254. The van der Waals surface area contributed by atoms with Crippen LogP contribution in [0.1, 0.15) is 50.3 Å². The van der Waals surface area contributed by atoms with Gasteiger partial charge in [0.25, 0.3) is 0 Å². The number of aromatic nitrogens is 3. The molecule has 0 saturated carbocycles. The first-order chi connectivity index (χ1) is 15.9. The molecule has 2 aromatic carbocycles. The van der Waals surface area contributed by atoms with Crippen molar-refractivity contribution < 1.29 is 14.3 Å². The van der Waals surface area contributed by atoms with E-state index in [9.17, 15) is 9.59 Å².